The normalized spacial score (nSPS) is 18.9. The fraction of sp³-hybridized carbons (Fsp3) is 0.394. The minimum Gasteiger partial charge on any atom is -0.303 e. The van der Waals surface area contributed by atoms with Gasteiger partial charge < -0.3 is 4.90 Å². The number of fused-ring (bicyclic) bond motifs is 1. The summed E-state index contributed by atoms with van der Waals surface area (Å²) in [5.74, 6) is 0.614. The van der Waals surface area contributed by atoms with Crippen LogP contribution in [0.25, 0.3) is 11.1 Å². The summed E-state index contributed by atoms with van der Waals surface area (Å²) in [6, 6.07) is 20.7. The largest absolute Gasteiger partial charge is 0.303 e. The highest BCUT2D eigenvalue weighted by molar-refractivity contribution is 6.36. The first-order valence-corrected chi connectivity index (χ1v) is 14.5. The van der Waals surface area contributed by atoms with Crippen molar-refractivity contribution in [3.05, 3.63) is 104 Å². The van der Waals surface area contributed by atoms with Crippen molar-refractivity contribution in [2.75, 3.05) is 26.3 Å². The molecule has 1 nitrogen and oxygen atoms in total. The molecule has 5 rings (SSSR count). The summed E-state index contributed by atoms with van der Waals surface area (Å²) in [6.45, 7) is 4.33. The lowest BCUT2D eigenvalue weighted by Crippen LogP contribution is -2.22. The van der Waals surface area contributed by atoms with Gasteiger partial charge in [0.15, 0.2) is 0 Å². The van der Waals surface area contributed by atoms with Gasteiger partial charge in [0, 0.05) is 23.1 Å². The Balaban J connectivity index is 1.51. The van der Waals surface area contributed by atoms with E-state index >= 15 is 0 Å². The highest BCUT2D eigenvalue weighted by atomic mass is 35.5. The average Bonchev–Trinajstić information content (AvgIpc) is 3.26. The van der Waals surface area contributed by atoms with Gasteiger partial charge in [-0.2, -0.15) is 0 Å². The molecule has 0 saturated carbocycles. The van der Waals surface area contributed by atoms with Gasteiger partial charge in [-0.05, 0) is 115 Å². The maximum absolute atomic E-state index is 14.2. The third-order valence-electron chi connectivity index (χ3n) is 8.03. The monoisotopic (exact) mass is 553 g/mol. The third kappa shape index (κ3) is 6.17. The first-order valence-electron chi connectivity index (χ1n) is 13.8. The smallest absolute Gasteiger partial charge is 0.122 e. The Morgan fingerprint density at radius 1 is 0.974 bits per heavy atom. The third-order valence-corrected chi connectivity index (χ3v) is 8.58. The zero-order valence-corrected chi connectivity index (χ0v) is 23.5. The van der Waals surface area contributed by atoms with Crippen LogP contribution in [0.2, 0.25) is 10.0 Å². The van der Waals surface area contributed by atoms with E-state index in [0.29, 0.717) is 22.4 Å². The fourth-order valence-corrected chi connectivity index (χ4v) is 6.62. The van der Waals surface area contributed by atoms with Gasteiger partial charge in [-0.25, -0.2) is 4.39 Å². The van der Waals surface area contributed by atoms with E-state index in [2.05, 4.69) is 35.2 Å². The summed E-state index contributed by atoms with van der Waals surface area (Å²) in [4.78, 5) is 2.39. The SMILES string of the molecule is CC(F)c1ccc2c(c1)CCCC(c1ccc(Cl)cc1Cl)=C2c1ccc(C[C@H]2CCN(CCCF)C2)cc1. The van der Waals surface area contributed by atoms with Crippen molar-refractivity contribution < 1.29 is 8.78 Å². The van der Waals surface area contributed by atoms with Crippen LogP contribution in [0.3, 0.4) is 0 Å². The molecule has 0 N–H and O–H groups in total. The van der Waals surface area contributed by atoms with Gasteiger partial charge in [0.2, 0.25) is 0 Å². The number of alkyl halides is 2. The molecule has 200 valence electrons. The second-order valence-electron chi connectivity index (χ2n) is 10.8. The number of nitrogens with zero attached hydrogens (tertiary/aromatic N) is 1. The van der Waals surface area contributed by atoms with E-state index in [1.54, 1.807) is 6.92 Å². The van der Waals surface area contributed by atoms with Crippen LogP contribution >= 0.6 is 23.2 Å². The fourth-order valence-electron chi connectivity index (χ4n) is 6.10. The van der Waals surface area contributed by atoms with Crippen molar-refractivity contribution in [3.63, 3.8) is 0 Å². The molecule has 0 spiro atoms. The van der Waals surface area contributed by atoms with Gasteiger partial charge in [-0.15, -0.1) is 0 Å². The molecule has 5 heteroatoms. The van der Waals surface area contributed by atoms with Crippen LogP contribution in [-0.4, -0.2) is 31.2 Å². The molecule has 1 heterocycles. The van der Waals surface area contributed by atoms with Gasteiger partial charge >= 0.3 is 0 Å². The quantitative estimate of drug-likeness (QED) is 0.268. The van der Waals surface area contributed by atoms with Crippen molar-refractivity contribution in [1.82, 2.24) is 4.90 Å². The van der Waals surface area contributed by atoms with Gasteiger partial charge in [-0.1, -0.05) is 71.7 Å². The number of hydrogen-bond donors (Lipinski definition) is 0. The maximum Gasteiger partial charge on any atom is 0.122 e. The van der Waals surface area contributed by atoms with Crippen LogP contribution < -0.4 is 0 Å². The standard InChI is InChI=1S/C33H35Cl2F2N/c1-22(37)26-10-12-29-27(19-26)4-2-5-31(30-13-11-28(34)20-32(30)35)33(29)25-8-6-23(7-9-25)18-24-14-17-38(21-24)16-3-15-36/h6-13,19-20,22,24H,2-5,14-18,21H2,1H3/t22?,24-/m1/s1. The molecule has 3 aromatic rings. The molecule has 2 atom stereocenters. The number of allylic oxidation sites excluding steroid dienone is 1. The Hall–Kier alpha value is -2.20. The molecule has 1 aliphatic carbocycles. The average molecular weight is 555 g/mol. The lowest BCUT2D eigenvalue weighted by molar-refractivity contribution is 0.301. The topological polar surface area (TPSA) is 3.24 Å². The highest BCUT2D eigenvalue weighted by Gasteiger charge is 2.24. The lowest BCUT2D eigenvalue weighted by atomic mass is 9.86. The zero-order valence-electron chi connectivity index (χ0n) is 22.0. The molecular formula is C33H35Cl2F2N. The number of aryl methyl sites for hydroxylation is 1. The van der Waals surface area contributed by atoms with Crippen LogP contribution in [-0.2, 0) is 12.8 Å². The van der Waals surface area contributed by atoms with E-state index in [4.69, 9.17) is 23.2 Å². The Kier molecular flexibility index (Phi) is 8.88. The Morgan fingerprint density at radius 3 is 2.50 bits per heavy atom. The van der Waals surface area contributed by atoms with E-state index in [1.165, 1.54) is 28.7 Å². The zero-order chi connectivity index (χ0) is 26.6. The molecule has 2 aliphatic rings. The molecule has 3 aromatic carbocycles. The second kappa shape index (κ2) is 12.3. The van der Waals surface area contributed by atoms with Crippen LogP contribution in [0.1, 0.15) is 72.2 Å². The van der Waals surface area contributed by atoms with Crippen LogP contribution in [0.5, 0.6) is 0 Å². The number of likely N-dealkylation sites (tertiary alicyclic amines) is 1. The summed E-state index contributed by atoms with van der Waals surface area (Å²) in [6.07, 6.45) is 4.58. The van der Waals surface area contributed by atoms with E-state index in [0.717, 1.165) is 67.6 Å². The molecule has 1 fully saturated rings. The van der Waals surface area contributed by atoms with E-state index in [-0.39, 0.29) is 6.67 Å². The Morgan fingerprint density at radius 2 is 1.76 bits per heavy atom. The van der Waals surface area contributed by atoms with Gasteiger partial charge in [0.1, 0.15) is 6.17 Å². The van der Waals surface area contributed by atoms with Crippen LogP contribution in [0, 0.1) is 5.92 Å². The molecule has 0 bridgehead atoms. The van der Waals surface area contributed by atoms with Crippen molar-refractivity contribution in [2.45, 2.75) is 51.6 Å². The van der Waals surface area contributed by atoms with Crippen molar-refractivity contribution >= 4 is 34.3 Å². The summed E-state index contributed by atoms with van der Waals surface area (Å²) in [7, 11) is 0. The minimum atomic E-state index is -0.996. The Labute approximate surface area is 235 Å². The molecule has 0 amide bonds. The first-order chi connectivity index (χ1) is 18.4. The molecule has 0 aromatic heterocycles. The van der Waals surface area contributed by atoms with Gasteiger partial charge in [0.05, 0.1) is 6.67 Å². The second-order valence-corrected chi connectivity index (χ2v) is 11.6. The number of halogens is 4. The van der Waals surface area contributed by atoms with E-state index < -0.39 is 6.17 Å². The number of benzene rings is 3. The van der Waals surface area contributed by atoms with E-state index in [1.807, 2.05) is 30.3 Å². The lowest BCUT2D eigenvalue weighted by Gasteiger charge is -2.19. The predicted octanol–water partition coefficient (Wildman–Crippen LogP) is 9.54. The summed E-state index contributed by atoms with van der Waals surface area (Å²) in [5, 5.41) is 1.27. The summed E-state index contributed by atoms with van der Waals surface area (Å²) in [5.41, 5.74) is 8.92. The number of rotatable bonds is 8. The summed E-state index contributed by atoms with van der Waals surface area (Å²) >= 11 is 13.0. The van der Waals surface area contributed by atoms with Crippen molar-refractivity contribution in [2.24, 2.45) is 5.92 Å². The van der Waals surface area contributed by atoms with Crippen molar-refractivity contribution in [1.29, 1.82) is 0 Å². The predicted molar refractivity (Wildman–Crippen MR) is 157 cm³/mol. The molecular weight excluding hydrogens is 519 g/mol. The number of hydrogen-bond acceptors (Lipinski definition) is 1. The maximum atomic E-state index is 14.2. The Bertz CT molecular complexity index is 1300. The van der Waals surface area contributed by atoms with Gasteiger partial charge in [-0.3, -0.25) is 4.39 Å². The first kappa shape index (κ1) is 27.4. The molecule has 0 radical (unpaired) electrons. The van der Waals surface area contributed by atoms with Crippen molar-refractivity contribution in [3.8, 4) is 0 Å². The molecule has 1 aliphatic heterocycles. The molecule has 1 saturated heterocycles. The van der Waals surface area contributed by atoms with Crippen LogP contribution in [0.15, 0.2) is 60.7 Å². The minimum absolute atomic E-state index is 0.237. The van der Waals surface area contributed by atoms with Gasteiger partial charge in [0.25, 0.3) is 0 Å². The molecule has 38 heavy (non-hydrogen) atoms. The highest BCUT2D eigenvalue weighted by Crippen LogP contribution is 2.43. The summed E-state index contributed by atoms with van der Waals surface area (Å²) < 4.78 is 26.8. The molecule has 1 unspecified atom stereocenters. The van der Waals surface area contributed by atoms with Crippen LogP contribution in [0.4, 0.5) is 8.78 Å². The van der Waals surface area contributed by atoms with E-state index in [9.17, 15) is 8.78 Å².